The maximum atomic E-state index is 12.9. The first-order valence-electron chi connectivity index (χ1n) is 13.0. The van der Waals surface area contributed by atoms with Gasteiger partial charge in [0.05, 0.1) is 12.0 Å². The second-order valence-corrected chi connectivity index (χ2v) is 10.5. The molecule has 3 fully saturated rings. The Kier molecular flexibility index (Phi) is 7.08. The molecule has 1 unspecified atom stereocenters. The highest BCUT2D eigenvalue weighted by atomic mass is 16.6. The third-order valence-corrected chi connectivity index (χ3v) is 8.15. The van der Waals surface area contributed by atoms with Crippen LogP contribution < -0.4 is 4.90 Å². The normalized spacial score (nSPS) is 22.8. The number of carbonyl (C=O) groups is 1. The Labute approximate surface area is 209 Å². The molecule has 0 amide bonds. The number of nitrogens with zero attached hydrogens (tertiary/aromatic N) is 4. The van der Waals surface area contributed by atoms with Crippen molar-refractivity contribution < 1.29 is 9.53 Å². The quantitative estimate of drug-likeness (QED) is 0.452. The third kappa shape index (κ3) is 5.52. The highest BCUT2D eigenvalue weighted by Gasteiger charge is 2.50. The maximum absolute atomic E-state index is 12.9. The van der Waals surface area contributed by atoms with Crippen molar-refractivity contribution in [2.45, 2.75) is 45.3 Å². The first-order valence-corrected chi connectivity index (χ1v) is 13.0. The van der Waals surface area contributed by atoms with Crippen LogP contribution in [-0.4, -0.2) is 67.7 Å². The van der Waals surface area contributed by atoms with Gasteiger partial charge in [0.15, 0.2) is 5.69 Å². The summed E-state index contributed by atoms with van der Waals surface area (Å²) in [4.78, 5) is 23.8. The molecule has 0 bridgehead atoms. The van der Waals surface area contributed by atoms with Crippen LogP contribution in [0.15, 0.2) is 48.5 Å². The van der Waals surface area contributed by atoms with Crippen LogP contribution in [0.1, 0.15) is 36.8 Å². The van der Waals surface area contributed by atoms with Gasteiger partial charge in [-0.15, -0.1) is 0 Å². The monoisotopic (exact) mass is 472 g/mol. The van der Waals surface area contributed by atoms with Gasteiger partial charge in [-0.2, -0.15) is 0 Å². The molecule has 6 heteroatoms. The van der Waals surface area contributed by atoms with Crippen molar-refractivity contribution in [3.05, 3.63) is 71.1 Å². The second-order valence-electron chi connectivity index (χ2n) is 10.5. The van der Waals surface area contributed by atoms with E-state index in [4.69, 9.17) is 11.3 Å². The molecule has 2 aromatic carbocycles. The number of hydrogen-bond acceptors (Lipinski definition) is 5. The largest absolute Gasteiger partial charge is 0.462 e. The molecular weight excluding hydrogens is 436 g/mol. The number of aryl methyl sites for hydroxylation is 1. The van der Waals surface area contributed by atoms with Crippen LogP contribution in [-0.2, 0) is 16.1 Å². The van der Waals surface area contributed by atoms with Gasteiger partial charge in [0.1, 0.15) is 6.10 Å². The molecule has 1 spiro atoms. The molecule has 3 aliphatic heterocycles. The Morgan fingerprint density at radius 2 is 1.63 bits per heavy atom. The maximum Gasteiger partial charge on any atom is 0.312 e. The molecule has 1 atom stereocenters. The predicted molar refractivity (Wildman–Crippen MR) is 139 cm³/mol. The minimum Gasteiger partial charge on any atom is -0.462 e. The van der Waals surface area contributed by atoms with Crippen LogP contribution >= 0.6 is 0 Å². The minimum absolute atomic E-state index is 0.0350. The number of cyclic esters (lactones) is 1. The van der Waals surface area contributed by atoms with Crippen molar-refractivity contribution in [3.8, 4) is 0 Å². The summed E-state index contributed by atoms with van der Waals surface area (Å²) >= 11 is 0. The van der Waals surface area contributed by atoms with Gasteiger partial charge in [0, 0.05) is 51.4 Å². The molecule has 35 heavy (non-hydrogen) atoms. The van der Waals surface area contributed by atoms with Gasteiger partial charge >= 0.3 is 5.97 Å². The van der Waals surface area contributed by atoms with E-state index in [1.54, 1.807) is 0 Å². The summed E-state index contributed by atoms with van der Waals surface area (Å²) in [6, 6.07) is 16.7. The summed E-state index contributed by atoms with van der Waals surface area (Å²) < 4.78 is 5.90. The lowest BCUT2D eigenvalue weighted by atomic mass is 9.75. The molecule has 0 aromatic heterocycles. The average Bonchev–Trinajstić information content (AvgIpc) is 3.20. The molecule has 0 aliphatic carbocycles. The number of carbonyl (C=O) groups excluding carboxylic acids is 1. The summed E-state index contributed by atoms with van der Waals surface area (Å²) in [5.74, 6) is 0.0350. The summed E-state index contributed by atoms with van der Waals surface area (Å²) in [7, 11) is 0. The van der Waals surface area contributed by atoms with Gasteiger partial charge in [-0.25, -0.2) is 4.85 Å². The fourth-order valence-electron chi connectivity index (χ4n) is 5.79. The van der Waals surface area contributed by atoms with E-state index < -0.39 is 0 Å². The number of esters is 1. The number of piperidine rings is 1. The molecule has 3 heterocycles. The van der Waals surface area contributed by atoms with Crippen molar-refractivity contribution in [1.29, 1.82) is 0 Å². The van der Waals surface area contributed by atoms with E-state index in [-0.39, 0.29) is 17.5 Å². The zero-order valence-corrected chi connectivity index (χ0v) is 20.8. The molecule has 0 radical (unpaired) electrons. The summed E-state index contributed by atoms with van der Waals surface area (Å²) in [6.45, 7) is 17.2. The van der Waals surface area contributed by atoms with Crippen molar-refractivity contribution in [1.82, 2.24) is 9.80 Å². The average molecular weight is 473 g/mol. The van der Waals surface area contributed by atoms with Crippen LogP contribution in [0.25, 0.3) is 4.85 Å². The summed E-state index contributed by atoms with van der Waals surface area (Å²) in [5.41, 5.74) is 4.24. The second kappa shape index (κ2) is 10.4. The van der Waals surface area contributed by atoms with Crippen LogP contribution in [0.3, 0.4) is 0 Å². The Balaban J connectivity index is 1.05. The lowest BCUT2D eigenvalue weighted by molar-refractivity contribution is -0.151. The number of piperazine rings is 1. The number of anilines is 1. The number of ether oxygens (including phenoxy) is 1. The predicted octanol–water partition coefficient (Wildman–Crippen LogP) is 4.66. The summed E-state index contributed by atoms with van der Waals surface area (Å²) in [6.07, 6.45) is 3.65. The van der Waals surface area contributed by atoms with E-state index in [1.807, 2.05) is 24.3 Å². The molecule has 0 N–H and O–H groups in total. The number of benzene rings is 2. The van der Waals surface area contributed by atoms with E-state index in [0.29, 0.717) is 5.69 Å². The molecule has 3 aliphatic rings. The van der Waals surface area contributed by atoms with Crippen LogP contribution in [0.4, 0.5) is 11.4 Å². The van der Waals surface area contributed by atoms with Gasteiger partial charge in [-0.3, -0.25) is 14.6 Å². The van der Waals surface area contributed by atoms with Gasteiger partial charge in [0.2, 0.25) is 0 Å². The Hall–Kier alpha value is -2.88. The van der Waals surface area contributed by atoms with Gasteiger partial charge < -0.3 is 9.64 Å². The molecular formula is C29H36N4O2. The van der Waals surface area contributed by atoms with Gasteiger partial charge in [-0.05, 0) is 57.0 Å². The van der Waals surface area contributed by atoms with E-state index in [9.17, 15) is 4.79 Å². The van der Waals surface area contributed by atoms with Gasteiger partial charge in [0.25, 0.3) is 0 Å². The number of rotatable bonds is 6. The zero-order valence-electron chi connectivity index (χ0n) is 20.8. The SMILES string of the molecule is [C-]#[N+]c1ccc(CN2CCC3(CC2)CC(CCN2CCN(c4ccc(C)cc4)CC2)OC3=O)cc1. The zero-order chi connectivity index (χ0) is 24.3. The van der Waals surface area contributed by atoms with Crippen LogP contribution in [0.5, 0.6) is 0 Å². The summed E-state index contributed by atoms with van der Waals surface area (Å²) in [5, 5.41) is 0. The third-order valence-electron chi connectivity index (χ3n) is 8.15. The fraction of sp³-hybridized carbons (Fsp3) is 0.517. The lowest BCUT2D eigenvalue weighted by Crippen LogP contribution is -2.47. The number of likely N-dealkylation sites (tertiary alicyclic amines) is 1. The molecule has 2 aromatic rings. The van der Waals surface area contributed by atoms with E-state index in [2.05, 4.69) is 50.7 Å². The first-order chi connectivity index (χ1) is 17.0. The van der Waals surface area contributed by atoms with Gasteiger partial charge in [-0.1, -0.05) is 42.0 Å². The van der Waals surface area contributed by atoms with Crippen LogP contribution in [0.2, 0.25) is 0 Å². The molecule has 0 saturated carbocycles. The minimum atomic E-state index is -0.279. The molecule has 3 saturated heterocycles. The van der Waals surface area contributed by atoms with E-state index >= 15 is 0 Å². The van der Waals surface area contributed by atoms with E-state index in [0.717, 1.165) is 78.0 Å². The van der Waals surface area contributed by atoms with Crippen molar-refractivity contribution in [2.75, 3.05) is 50.7 Å². The Bertz CT molecular complexity index is 1040. The molecule has 6 nitrogen and oxygen atoms in total. The standard InChI is InChI=1S/C29H36N4O2/c1-23-3-9-26(10-4-23)33-19-17-31(18-20-33)14-11-27-21-29(28(34)35-27)12-15-32(16-13-29)22-24-5-7-25(30-2)8-6-24/h3-10,27H,11-22H2,1H3. The Morgan fingerprint density at radius 3 is 2.29 bits per heavy atom. The molecule has 5 rings (SSSR count). The highest BCUT2D eigenvalue weighted by Crippen LogP contribution is 2.44. The van der Waals surface area contributed by atoms with Crippen LogP contribution in [0, 0.1) is 18.9 Å². The smallest absolute Gasteiger partial charge is 0.312 e. The van der Waals surface area contributed by atoms with Crippen molar-refractivity contribution in [2.24, 2.45) is 5.41 Å². The molecule has 184 valence electrons. The topological polar surface area (TPSA) is 40.4 Å². The van der Waals surface area contributed by atoms with Crippen molar-refractivity contribution >= 4 is 17.3 Å². The lowest BCUT2D eigenvalue weighted by Gasteiger charge is -2.37. The first kappa shape index (κ1) is 23.8. The van der Waals surface area contributed by atoms with E-state index in [1.165, 1.54) is 16.8 Å². The van der Waals surface area contributed by atoms with Crippen molar-refractivity contribution in [3.63, 3.8) is 0 Å². The Morgan fingerprint density at radius 1 is 0.943 bits per heavy atom. The highest BCUT2D eigenvalue weighted by molar-refractivity contribution is 5.79. The number of hydrogen-bond donors (Lipinski definition) is 0. The fourth-order valence-corrected chi connectivity index (χ4v) is 5.79.